The molecule has 2 heterocycles. The first-order valence-corrected chi connectivity index (χ1v) is 10.2. The molecule has 0 bridgehead atoms. The lowest BCUT2D eigenvalue weighted by Gasteiger charge is -2.34. The van der Waals surface area contributed by atoms with Gasteiger partial charge in [0.2, 0.25) is 5.91 Å². The molecule has 0 saturated carbocycles. The SMILES string of the molecule is COCCn1cnn(CN2CCN(CC(=O)Nc3ccccc3C(F)(F)F)CC2)c1=S. The maximum Gasteiger partial charge on any atom is 0.418 e. The number of ether oxygens (including phenoxy) is 1. The molecule has 0 spiro atoms. The van der Waals surface area contributed by atoms with Gasteiger partial charge >= 0.3 is 6.18 Å². The number of rotatable bonds is 8. The third kappa shape index (κ3) is 6.35. The molecule has 1 N–H and O–H groups in total. The fourth-order valence-corrected chi connectivity index (χ4v) is 3.57. The zero-order chi connectivity index (χ0) is 22.4. The highest BCUT2D eigenvalue weighted by atomic mass is 32.1. The first-order chi connectivity index (χ1) is 14.8. The van der Waals surface area contributed by atoms with E-state index in [2.05, 4.69) is 15.3 Å². The first-order valence-electron chi connectivity index (χ1n) is 9.80. The van der Waals surface area contributed by atoms with Crippen molar-refractivity contribution in [2.75, 3.05) is 51.8 Å². The number of para-hydroxylation sites is 1. The molecule has 0 atom stereocenters. The van der Waals surface area contributed by atoms with Gasteiger partial charge in [0.05, 0.1) is 31.1 Å². The van der Waals surface area contributed by atoms with Crippen molar-refractivity contribution in [1.29, 1.82) is 0 Å². The fourth-order valence-electron chi connectivity index (χ4n) is 3.32. The Kier molecular flexibility index (Phi) is 7.81. The highest BCUT2D eigenvalue weighted by molar-refractivity contribution is 7.71. The molecular formula is C19H25F3N6O2S. The van der Waals surface area contributed by atoms with Gasteiger partial charge in [0.15, 0.2) is 4.77 Å². The van der Waals surface area contributed by atoms with Gasteiger partial charge in [0.25, 0.3) is 0 Å². The van der Waals surface area contributed by atoms with Crippen LogP contribution < -0.4 is 5.32 Å². The van der Waals surface area contributed by atoms with Gasteiger partial charge in [-0.3, -0.25) is 14.6 Å². The molecule has 0 aliphatic carbocycles. The van der Waals surface area contributed by atoms with Gasteiger partial charge in [0, 0.05) is 39.8 Å². The highest BCUT2D eigenvalue weighted by Gasteiger charge is 2.33. The minimum absolute atomic E-state index is 0.0328. The van der Waals surface area contributed by atoms with Crippen molar-refractivity contribution in [3.8, 4) is 0 Å². The van der Waals surface area contributed by atoms with Crippen LogP contribution in [-0.2, 0) is 28.9 Å². The van der Waals surface area contributed by atoms with Crippen LogP contribution in [0.25, 0.3) is 0 Å². The number of halogens is 3. The van der Waals surface area contributed by atoms with Crippen LogP contribution in [0, 0.1) is 4.77 Å². The average molecular weight is 459 g/mol. The van der Waals surface area contributed by atoms with Crippen molar-refractivity contribution in [2.24, 2.45) is 0 Å². The largest absolute Gasteiger partial charge is 0.418 e. The number of nitrogens with zero attached hydrogens (tertiary/aromatic N) is 5. The summed E-state index contributed by atoms with van der Waals surface area (Å²) >= 11 is 5.42. The van der Waals surface area contributed by atoms with Gasteiger partial charge in [-0.25, -0.2) is 4.68 Å². The summed E-state index contributed by atoms with van der Waals surface area (Å²) in [5.74, 6) is -0.468. The van der Waals surface area contributed by atoms with Gasteiger partial charge < -0.3 is 14.6 Å². The Labute approximate surface area is 183 Å². The second-order valence-corrected chi connectivity index (χ2v) is 7.59. The molecule has 31 heavy (non-hydrogen) atoms. The Hall–Kier alpha value is -2.28. The molecule has 1 aromatic heterocycles. The van der Waals surface area contributed by atoms with E-state index in [9.17, 15) is 18.0 Å². The van der Waals surface area contributed by atoms with Gasteiger partial charge in [-0.2, -0.15) is 18.3 Å². The van der Waals surface area contributed by atoms with Crippen LogP contribution in [0.5, 0.6) is 0 Å². The van der Waals surface area contributed by atoms with E-state index in [0.29, 0.717) is 50.8 Å². The average Bonchev–Trinajstić information content (AvgIpc) is 3.07. The molecule has 1 amide bonds. The molecule has 1 aliphatic rings. The van der Waals surface area contributed by atoms with Crippen LogP contribution in [0.2, 0.25) is 0 Å². The van der Waals surface area contributed by atoms with E-state index >= 15 is 0 Å². The number of aromatic nitrogens is 3. The lowest BCUT2D eigenvalue weighted by molar-refractivity contribution is -0.137. The molecule has 1 fully saturated rings. The summed E-state index contributed by atoms with van der Waals surface area (Å²) in [6.45, 7) is 4.38. The third-order valence-corrected chi connectivity index (χ3v) is 5.45. The topological polar surface area (TPSA) is 67.6 Å². The van der Waals surface area contributed by atoms with E-state index in [0.717, 1.165) is 6.07 Å². The minimum Gasteiger partial charge on any atom is -0.383 e. The molecule has 0 radical (unpaired) electrons. The Morgan fingerprint density at radius 3 is 2.55 bits per heavy atom. The molecule has 1 saturated heterocycles. The van der Waals surface area contributed by atoms with Gasteiger partial charge in [0.1, 0.15) is 6.33 Å². The quantitative estimate of drug-likeness (QED) is 0.613. The number of hydrogen-bond donors (Lipinski definition) is 1. The van der Waals surface area contributed by atoms with E-state index in [1.165, 1.54) is 18.2 Å². The van der Waals surface area contributed by atoms with Crippen LogP contribution in [0.15, 0.2) is 30.6 Å². The monoisotopic (exact) mass is 458 g/mol. The number of carbonyl (C=O) groups excluding carboxylic acids is 1. The number of piperazine rings is 1. The van der Waals surface area contributed by atoms with Crippen LogP contribution in [0.3, 0.4) is 0 Å². The van der Waals surface area contributed by atoms with Crippen LogP contribution in [-0.4, -0.2) is 76.5 Å². The smallest absolute Gasteiger partial charge is 0.383 e. The highest BCUT2D eigenvalue weighted by Crippen LogP contribution is 2.34. The van der Waals surface area contributed by atoms with E-state index in [4.69, 9.17) is 17.0 Å². The normalized spacial score (nSPS) is 15.9. The number of nitrogens with one attached hydrogen (secondary N) is 1. The van der Waals surface area contributed by atoms with E-state index < -0.39 is 17.6 Å². The maximum absolute atomic E-state index is 13.1. The summed E-state index contributed by atoms with van der Waals surface area (Å²) in [7, 11) is 1.63. The summed E-state index contributed by atoms with van der Waals surface area (Å²) in [5.41, 5.74) is -1.08. The van der Waals surface area contributed by atoms with Crippen molar-refractivity contribution in [2.45, 2.75) is 19.4 Å². The molecule has 0 unspecified atom stereocenters. The van der Waals surface area contributed by atoms with E-state index in [1.807, 2.05) is 9.47 Å². The molecule has 8 nitrogen and oxygen atoms in total. The number of alkyl halides is 3. The number of anilines is 1. The van der Waals surface area contributed by atoms with Crippen molar-refractivity contribution < 1.29 is 22.7 Å². The molecule has 170 valence electrons. The third-order valence-electron chi connectivity index (χ3n) is 5.01. The van der Waals surface area contributed by atoms with Gasteiger partial charge in [-0.1, -0.05) is 12.1 Å². The van der Waals surface area contributed by atoms with Crippen molar-refractivity contribution in [3.05, 3.63) is 40.9 Å². The van der Waals surface area contributed by atoms with E-state index in [-0.39, 0.29) is 12.2 Å². The second kappa shape index (κ2) is 10.4. The Morgan fingerprint density at radius 1 is 1.19 bits per heavy atom. The second-order valence-electron chi connectivity index (χ2n) is 7.23. The van der Waals surface area contributed by atoms with Gasteiger partial charge in [-0.05, 0) is 24.4 Å². The zero-order valence-electron chi connectivity index (χ0n) is 17.1. The number of benzene rings is 1. The molecule has 3 rings (SSSR count). The van der Waals surface area contributed by atoms with Crippen molar-refractivity contribution >= 4 is 23.8 Å². The molecule has 2 aromatic rings. The van der Waals surface area contributed by atoms with E-state index in [1.54, 1.807) is 18.1 Å². The Balaban J connectivity index is 1.48. The summed E-state index contributed by atoms with van der Waals surface area (Å²) in [4.78, 5) is 16.4. The molecular weight excluding hydrogens is 433 g/mol. The fraction of sp³-hybridized carbons (Fsp3) is 0.526. The minimum atomic E-state index is -4.52. The van der Waals surface area contributed by atoms with Crippen LogP contribution >= 0.6 is 12.2 Å². The van der Waals surface area contributed by atoms with Crippen LogP contribution in [0.4, 0.5) is 18.9 Å². The summed E-state index contributed by atoms with van der Waals surface area (Å²) < 4.78 is 48.5. The number of carbonyl (C=O) groups is 1. The molecule has 12 heteroatoms. The predicted octanol–water partition coefficient (Wildman–Crippen LogP) is 2.29. The zero-order valence-corrected chi connectivity index (χ0v) is 18.0. The number of hydrogen-bond acceptors (Lipinski definition) is 6. The van der Waals surface area contributed by atoms with Crippen molar-refractivity contribution in [3.63, 3.8) is 0 Å². The maximum atomic E-state index is 13.1. The Bertz CT molecular complexity index is 937. The number of methoxy groups -OCH3 is 1. The Morgan fingerprint density at radius 2 is 1.87 bits per heavy atom. The number of amides is 1. The van der Waals surface area contributed by atoms with Gasteiger partial charge in [-0.15, -0.1) is 0 Å². The summed E-state index contributed by atoms with van der Waals surface area (Å²) in [6.07, 6.45) is -2.84. The van der Waals surface area contributed by atoms with Crippen molar-refractivity contribution in [1.82, 2.24) is 24.1 Å². The predicted molar refractivity (Wildman–Crippen MR) is 111 cm³/mol. The summed E-state index contributed by atoms with van der Waals surface area (Å²) in [6, 6.07) is 4.97. The molecule has 1 aliphatic heterocycles. The van der Waals surface area contributed by atoms with Crippen LogP contribution in [0.1, 0.15) is 5.56 Å². The summed E-state index contributed by atoms with van der Waals surface area (Å²) in [5, 5.41) is 6.70. The first kappa shape index (κ1) is 23.4. The molecule has 1 aromatic carbocycles. The lowest BCUT2D eigenvalue weighted by Crippen LogP contribution is -2.49. The lowest BCUT2D eigenvalue weighted by atomic mass is 10.1. The standard InChI is InChI=1S/C19H25F3N6O2S/c1-30-11-10-27-13-23-28(18(27)31)14-26-8-6-25(7-9-26)12-17(29)24-16-5-3-2-4-15(16)19(20,21)22/h2-5,13H,6-12,14H2,1H3,(H,24,29).